The Labute approximate surface area is 124 Å². The second-order valence-electron chi connectivity index (χ2n) is 4.55. The topological polar surface area (TPSA) is 66.9 Å². The Morgan fingerprint density at radius 3 is 2.76 bits per heavy atom. The number of imidazole rings is 1. The van der Waals surface area contributed by atoms with Crippen LogP contribution in [0, 0.1) is 6.92 Å². The van der Waals surface area contributed by atoms with Crippen molar-refractivity contribution in [3.05, 3.63) is 69.0 Å². The molecule has 0 fully saturated rings. The Morgan fingerprint density at radius 2 is 2.10 bits per heavy atom. The molecule has 21 heavy (non-hydrogen) atoms. The summed E-state index contributed by atoms with van der Waals surface area (Å²) in [6.45, 7) is 1.83. The van der Waals surface area contributed by atoms with Gasteiger partial charge in [-0.2, -0.15) is 11.3 Å². The highest BCUT2D eigenvalue weighted by molar-refractivity contribution is 7.08. The van der Waals surface area contributed by atoms with Crippen LogP contribution < -0.4 is 11.0 Å². The molecule has 106 valence electrons. The van der Waals surface area contributed by atoms with Crippen molar-refractivity contribution in [2.45, 2.75) is 6.92 Å². The third kappa shape index (κ3) is 2.53. The molecule has 0 aliphatic heterocycles. The minimum atomic E-state index is -0.232. The van der Waals surface area contributed by atoms with Gasteiger partial charge in [-0.1, -0.05) is 12.1 Å². The fourth-order valence-electron chi connectivity index (χ4n) is 2.12. The van der Waals surface area contributed by atoms with Crippen LogP contribution >= 0.6 is 11.3 Å². The molecule has 0 aliphatic carbocycles. The van der Waals surface area contributed by atoms with Crippen molar-refractivity contribution in [3.8, 4) is 5.69 Å². The van der Waals surface area contributed by atoms with Crippen LogP contribution in [0.25, 0.3) is 5.69 Å². The molecule has 0 radical (unpaired) electrons. The fourth-order valence-corrected chi connectivity index (χ4v) is 2.75. The molecule has 1 amide bonds. The van der Waals surface area contributed by atoms with E-state index in [0.717, 1.165) is 5.69 Å². The molecule has 0 saturated carbocycles. The lowest BCUT2D eigenvalue weighted by atomic mass is 10.2. The average molecular weight is 299 g/mol. The molecule has 0 atom stereocenters. The normalized spacial score (nSPS) is 10.5. The van der Waals surface area contributed by atoms with Gasteiger partial charge in [-0.3, -0.25) is 9.36 Å². The number of thiophene rings is 1. The molecular weight excluding hydrogens is 286 g/mol. The predicted molar refractivity (Wildman–Crippen MR) is 83.4 cm³/mol. The first-order valence-electron chi connectivity index (χ1n) is 6.37. The van der Waals surface area contributed by atoms with Crippen LogP contribution in [0.1, 0.15) is 16.1 Å². The number of para-hydroxylation sites is 2. The number of amides is 1. The largest absolute Gasteiger partial charge is 0.330 e. The fraction of sp³-hybridized carbons (Fsp3) is 0.0667. The van der Waals surface area contributed by atoms with E-state index in [4.69, 9.17) is 0 Å². The highest BCUT2D eigenvalue weighted by Crippen LogP contribution is 2.21. The molecular formula is C15H13N3O2S. The number of aryl methyl sites for hydroxylation is 1. The molecule has 5 nitrogen and oxygen atoms in total. The molecule has 3 rings (SSSR count). The number of carbonyl (C=O) groups excluding carboxylic acids is 1. The number of nitrogens with zero attached hydrogens (tertiary/aromatic N) is 1. The first-order valence-corrected chi connectivity index (χ1v) is 7.31. The van der Waals surface area contributed by atoms with E-state index in [9.17, 15) is 9.59 Å². The summed E-state index contributed by atoms with van der Waals surface area (Å²) < 4.78 is 1.53. The van der Waals surface area contributed by atoms with Gasteiger partial charge in [-0.25, -0.2) is 4.79 Å². The van der Waals surface area contributed by atoms with Crippen LogP contribution in [-0.2, 0) is 0 Å². The Hall–Kier alpha value is -2.60. The maximum absolute atomic E-state index is 12.2. The standard InChI is InChI=1S/C15H13N3O2S/c1-10-8-16-15(20)18(10)13-5-3-2-4-12(13)17-14(19)11-6-7-21-9-11/h2-9H,1H3,(H,16,20)(H,17,19). The second kappa shape index (κ2) is 5.41. The first kappa shape index (κ1) is 13.4. The summed E-state index contributed by atoms with van der Waals surface area (Å²) in [5.74, 6) is -0.190. The zero-order valence-electron chi connectivity index (χ0n) is 11.3. The highest BCUT2D eigenvalue weighted by atomic mass is 32.1. The van der Waals surface area contributed by atoms with Gasteiger partial charge >= 0.3 is 5.69 Å². The zero-order valence-corrected chi connectivity index (χ0v) is 12.1. The van der Waals surface area contributed by atoms with E-state index in [-0.39, 0.29) is 11.6 Å². The Bertz CT molecular complexity index is 831. The van der Waals surface area contributed by atoms with Gasteiger partial charge in [0.2, 0.25) is 0 Å². The van der Waals surface area contributed by atoms with E-state index in [2.05, 4.69) is 10.3 Å². The maximum atomic E-state index is 12.2. The van der Waals surface area contributed by atoms with Crippen LogP contribution in [0.15, 0.2) is 52.1 Å². The van der Waals surface area contributed by atoms with Crippen molar-refractivity contribution in [2.75, 3.05) is 5.32 Å². The van der Waals surface area contributed by atoms with Crippen molar-refractivity contribution in [2.24, 2.45) is 0 Å². The molecule has 0 bridgehead atoms. The van der Waals surface area contributed by atoms with E-state index in [0.29, 0.717) is 16.9 Å². The number of anilines is 1. The van der Waals surface area contributed by atoms with E-state index in [1.54, 1.807) is 29.8 Å². The van der Waals surface area contributed by atoms with Gasteiger partial charge in [0, 0.05) is 17.3 Å². The molecule has 2 aromatic heterocycles. The molecule has 2 N–H and O–H groups in total. The number of aromatic amines is 1. The first-order chi connectivity index (χ1) is 10.2. The third-order valence-corrected chi connectivity index (χ3v) is 3.82. The van der Waals surface area contributed by atoms with Crippen molar-refractivity contribution in [1.29, 1.82) is 0 Å². The van der Waals surface area contributed by atoms with E-state index in [1.807, 2.05) is 24.4 Å². The van der Waals surface area contributed by atoms with Crippen LogP contribution in [0.5, 0.6) is 0 Å². The van der Waals surface area contributed by atoms with E-state index < -0.39 is 0 Å². The Morgan fingerprint density at radius 1 is 1.29 bits per heavy atom. The van der Waals surface area contributed by atoms with Gasteiger partial charge in [0.1, 0.15) is 0 Å². The van der Waals surface area contributed by atoms with Crippen LogP contribution in [-0.4, -0.2) is 15.5 Å². The number of nitrogens with one attached hydrogen (secondary N) is 2. The quantitative estimate of drug-likeness (QED) is 0.781. The van der Waals surface area contributed by atoms with Crippen LogP contribution in [0.3, 0.4) is 0 Å². The smallest absolute Gasteiger partial charge is 0.320 e. The SMILES string of the molecule is Cc1c[nH]c(=O)n1-c1ccccc1NC(=O)c1ccsc1. The lowest BCUT2D eigenvalue weighted by molar-refractivity contribution is 0.102. The van der Waals surface area contributed by atoms with Crippen molar-refractivity contribution in [1.82, 2.24) is 9.55 Å². The Kier molecular flexibility index (Phi) is 3.45. The predicted octanol–water partition coefficient (Wildman–Crippen LogP) is 2.79. The summed E-state index contributed by atoms with van der Waals surface area (Å²) >= 11 is 1.46. The highest BCUT2D eigenvalue weighted by Gasteiger charge is 2.12. The molecule has 6 heteroatoms. The molecule has 3 aromatic rings. The molecule has 0 aliphatic rings. The number of hydrogen-bond donors (Lipinski definition) is 2. The summed E-state index contributed by atoms with van der Waals surface area (Å²) in [6, 6.07) is 8.98. The Balaban J connectivity index is 2.01. The van der Waals surface area contributed by atoms with Gasteiger partial charge in [-0.05, 0) is 30.5 Å². The van der Waals surface area contributed by atoms with Gasteiger partial charge < -0.3 is 10.3 Å². The van der Waals surface area contributed by atoms with E-state index in [1.165, 1.54) is 15.9 Å². The average Bonchev–Trinajstić information content (AvgIpc) is 3.11. The number of benzene rings is 1. The molecule has 1 aromatic carbocycles. The van der Waals surface area contributed by atoms with Crippen molar-refractivity contribution < 1.29 is 4.79 Å². The number of carbonyl (C=O) groups is 1. The maximum Gasteiger partial charge on any atom is 0.330 e. The lowest BCUT2D eigenvalue weighted by Gasteiger charge is -2.11. The minimum Gasteiger partial charge on any atom is -0.320 e. The zero-order chi connectivity index (χ0) is 14.8. The summed E-state index contributed by atoms with van der Waals surface area (Å²) in [4.78, 5) is 26.7. The molecule has 0 saturated heterocycles. The minimum absolute atomic E-state index is 0.190. The summed E-state index contributed by atoms with van der Waals surface area (Å²) in [5, 5.41) is 6.48. The molecule has 2 heterocycles. The number of hydrogen-bond acceptors (Lipinski definition) is 3. The van der Waals surface area contributed by atoms with Gasteiger partial charge in [0.05, 0.1) is 16.9 Å². The summed E-state index contributed by atoms with van der Waals surface area (Å²) in [7, 11) is 0. The number of aromatic nitrogens is 2. The van der Waals surface area contributed by atoms with Crippen molar-refractivity contribution in [3.63, 3.8) is 0 Å². The molecule has 0 spiro atoms. The third-order valence-electron chi connectivity index (χ3n) is 3.14. The second-order valence-corrected chi connectivity index (χ2v) is 5.33. The summed E-state index contributed by atoms with van der Waals surface area (Å²) in [6.07, 6.45) is 1.64. The van der Waals surface area contributed by atoms with Gasteiger partial charge in [0.15, 0.2) is 0 Å². The van der Waals surface area contributed by atoms with Crippen LogP contribution in [0.2, 0.25) is 0 Å². The van der Waals surface area contributed by atoms with Gasteiger partial charge in [0.25, 0.3) is 5.91 Å². The lowest BCUT2D eigenvalue weighted by Crippen LogP contribution is -2.19. The summed E-state index contributed by atoms with van der Waals surface area (Å²) in [5.41, 5.74) is 2.39. The van der Waals surface area contributed by atoms with E-state index >= 15 is 0 Å². The number of rotatable bonds is 3. The van der Waals surface area contributed by atoms with Gasteiger partial charge in [-0.15, -0.1) is 0 Å². The monoisotopic (exact) mass is 299 g/mol. The van der Waals surface area contributed by atoms with Crippen LogP contribution in [0.4, 0.5) is 5.69 Å². The number of H-pyrrole nitrogens is 1. The van der Waals surface area contributed by atoms with Crippen molar-refractivity contribution >= 4 is 22.9 Å². The molecule has 0 unspecified atom stereocenters.